The molecule has 0 spiro atoms. The molecule has 0 bridgehead atoms. The first-order valence-corrected chi connectivity index (χ1v) is 21.4. The Kier molecular flexibility index (Phi) is 22.2. The van der Waals surface area contributed by atoms with Crippen molar-refractivity contribution in [3.63, 3.8) is 0 Å². The molecule has 0 saturated carbocycles. The Morgan fingerprint density at radius 2 is 1.10 bits per heavy atom. The molecule has 1 aliphatic rings. The average Bonchev–Trinajstić information content (AvgIpc) is 3.26. The van der Waals surface area contributed by atoms with Crippen LogP contribution >= 0.6 is 0 Å². The van der Waals surface area contributed by atoms with Crippen molar-refractivity contribution in [2.75, 3.05) is 6.61 Å². The zero-order valence-electron chi connectivity index (χ0n) is 34.8. The third kappa shape index (κ3) is 18.2. The third-order valence-corrected chi connectivity index (χ3v) is 10.2. The number of unbranched alkanes of at least 4 members (excludes halogenated alkanes) is 10. The Labute approximate surface area is 354 Å². The lowest BCUT2D eigenvalue weighted by molar-refractivity contribution is -0.283. The van der Waals surface area contributed by atoms with E-state index >= 15 is 0 Å². The van der Waals surface area contributed by atoms with E-state index in [1.54, 1.807) is 48.5 Å². The number of esters is 2. The van der Waals surface area contributed by atoms with E-state index in [1.807, 2.05) is 42.5 Å². The number of amides is 1. The Hall–Kier alpha value is -4.82. The maximum absolute atomic E-state index is 13.5. The van der Waals surface area contributed by atoms with Crippen LogP contribution in [0.15, 0.2) is 91.0 Å². The minimum atomic E-state index is -1.63. The van der Waals surface area contributed by atoms with Gasteiger partial charge in [-0.15, -0.1) is 0 Å². The smallest absolute Gasteiger partial charge is 0.461 e. The van der Waals surface area contributed by atoms with Crippen LogP contribution < -0.4 is 5.32 Å². The number of carbonyl (C=O) groups is 4. The summed E-state index contributed by atoms with van der Waals surface area (Å²) in [6.45, 7) is 1.31. The number of hydrogen-bond acceptors (Lipinski definition) is 12. The standard InChI is InChI=1S/C47H63NO12/c1-2-3-4-5-6-7-8-9-10-11-21-28-40(50)48-43-45(60-47(54)57-34-37-26-19-14-20-27-37)44(53)39(31-49)59-46(43)58-38(29-41(51)55-32-35-22-15-12-16-23-35)30-42(52)56-33-36-24-17-13-18-25-36/h12-20,22-27,38-39,43-46,49,53H,2-11,21,28-34H2,1H3,(H,48,50)/t39-,43-,44-,45-,46+/m1/s1. The molecule has 3 aromatic carbocycles. The first-order valence-electron chi connectivity index (χ1n) is 21.4. The number of hydrogen-bond donors (Lipinski definition) is 3. The number of aliphatic hydroxyl groups excluding tert-OH is 2. The molecule has 4 rings (SSSR count). The van der Waals surface area contributed by atoms with Gasteiger partial charge in [-0.25, -0.2) is 4.79 Å². The van der Waals surface area contributed by atoms with Gasteiger partial charge in [0.25, 0.3) is 0 Å². The highest BCUT2D eigenvalue weighted by Gasteiger charge is 2.50. The van der Waals surface area contributed by atoms with E-state index in [0.29, 0.717) is 12.0 Å². The molecular formula is C47H63NO12. The van der Waals surface area contributed by atoms with Crippen LogP contribution in [0.5, 0.6) is 0 Å². The molecule has 1 aliphatic heterocycles. The lowest BCUT2D eigenvalue weighted by Gasteiger charge is -2.44. The number of benzene rings is 3. The summed E-state index contributed by atoms with van der Waals surface area (Å²) in [6, 6.07) is 25.7. The van der Waals surface area contributed by atoms with Gasteiger partial charge < -0.3 is 44.0 Å². The van der Waals surface area contributed by atoms with Crippen molar-refractivity contribution < 1.29 is 57.8 Å². The SMILES string of the molecule is CCCCCCCCCCCCCC(=O)N[C@H]1[C@@H](OC(CC(=O)OCc2ccccc2)CC(=O)OCc2ccccc2)O[C@H](CO)[C@@H](O)[C@@H]1OC(=O)OCc1ccccc1. The fourth-order valence-corrected chi connectivity index (χ4v) is 6.87. The third-order valence-electron chi connectivity index (χ3n) is 10.2. The summed E-state index contributed by atoms with van der Waals surface area (Å²) in [6.07, 6.45) is 3.04. The molecule has 328 valence electrons. The highest BCUT2D eigenvalue weighted by molar-refractivity contribution is 5.76. The lowest BCUT2D eigenvalue weighted by Crippen LogP contribution is -2.66. The van der Waals surface area contributed by atoms with Gasteiger partial charge in [0, 0.05) is 6.42 Å². The van der Waals surface area contributed by atoms with Gasteiger partial charge >= 0.3 is 18.1 Å². The molecule has 0 unspecified atom stereocenters. The summed E-state index contributed by atoms with van der Waals surface area (Å²) in [5.41, 5.74) is 2.19. The quantitative estimate of drug-likeness (QED) is 0.0390. The number of ether oxygens (including phenoxy) is 6. The molecule has 0 aromatic heterocycles. The van der Waals surface area contributed by atoms with Crippen LogP contribution in [0.4, 0.5) is 4.79 Å². The monoisotopic (exact) mass is 833 g/mol. The molecule has 3 aromatic rings. The Balaban J connectivity index is 1.47. The molecule has 0 radical (unpaired) electrons. The van der Waals surface area contributed by atoms with Crippen molar-refractivity contribution in [3.8, 4) is 0 Å². The van der Waals surface area contributed by atoms with Crippen molar-refractivity contribution in [2.24, 2.45) is 0 Å². The summed E-state index contributed by atoms with van der Waals surface area (Å²) in [4.78, 5) is 53.1. The summed E-state index contributed by atoms with van der Waals surface area (Å²) in [5.74, 6) is -1.80. The summed E-state index contributed by atoms with van der Waals surface area (Å²) in [7, 11) is 0. The maximum atomic E-state index is 13.5. The van der Waals surface area contributed by atoms with E-state index in [0.717, 1.165) is 36.8 Å². The first-order chi connectivity index (χ1) is 29.2. The molecule has 60 heavy (non-hydrogen) atoms. The molecular weight excluding hydrogens is 771 g/mol. The molecule has 1 amide bonds. The van der Waals surface area contributed by atoms with E-state index in [9.17, 15) is 29.4 Å². The molecule has 3 N–H and O–H groups in total. The van der Waals surface area contributed by atoms with Crippen molar-refractivity contribution in [1.29, 1.82) is 0 Å². The van der Waals surface area contributed by atoms with Crippen LogP contribution in [0.2, 0.25) is 0 Å². The van der Waals surface area contributed by atoms with Crippen molar-refractivity contribution >= 4 is 24.0 Å². The van der Waals surface area contributed by atoms with E-state index < -0.39 is 80.2 Å². The molecule has 5 atom stereocenters. The van der Waals surface area contributed by atoms with Crippen molar-refractivity contribution in [1.82, 2.24) is 5.32 Å². The second-order valence-corrected chi connectivity index (χ2v) is 15.2. The predicted molar refractivity (Wildman–Crippen MR) is 223 cm³/mol. The predicted octanol–water partition coefficient (Wildman–Crippen LogP) is 7.62. The maximum Gasteiger partial charge on any atom is 0.509 e. The second-order valence-electron chi connectivity index (χ2n) is 15.2. The normalized spacial score (nSPS) is 18.7. The number of aliphatic hydroxyl groups is 2. The fraction of sp³-hybridized carbons (Fsp3) is 0.532. The van der Waals surface area contributed by atoms with Gasteiger partial charge in [-0.1, -0.05) is 162 Å². The second kappa shape index (κ2) is 27.8. The van der Waals surface area contributed by atoms with Gasteiger partial charge in [0.15, 0.2) is 12.4 Å². The van der Waals surface area contributed by atoms with E-state index in [2.05, 4.69) is 12.2 Å². The van der Waals surface area contributed by atoms with Crippen molar-refractivity contribution in [3.05, 3.63) is 108 Å². The molecule has 0 aliphatic carbocycles. The van der Waals surface area contributed by atoms with E-state index in [4.69, 9.17) is 28.4 Å². The topological polar surface area (TPSA) is 176 Å². The van der Waals surface area contributed by atoms with Crippen molar-refractivity contribution in [2.45, 2.75) is 153 Å². The van der Waals surface area contributed by atoms with Gasteiger partial charge in [0.05, 0.1) is 25.6 Å². The van der Waals surface area contributed by atoms with Crippen LogP contribution in [0.1, 0.15) is 114 Å². The molecule has 1 fully saturated rings. The molecule has 13 heteroatoms. The Bertz CT molecular complexity index is 1600. The van der Waals surface area contributed by atoms with E-state index in [1.165, 1.54) is 38.5 Å². The van der Waals surface area contributed by atoms with Gasteiger partial charge in [0.1, 0.15) is 38.1 Å². The van der Waals surface area contributed by atoms with E-state index in [-0.39, 0.29) is 26.2 Å². The van der Waals surface area contributed by atoms with Crippen LogP contribution in [-0.4, -0.2) is 77.6 Å². The van der Waals surface area contributed by atoms with Crippen LogP contribution in [0.25, 0.3) is 0 Å². The highest BCUT2D eigenvalue weighted by Crippen LogP contribution is 2.28. The first kappa shape index (κ1) is 47.9. The summed E-state index contributed by atoms with van der Waals surface area (Å²) < 4.78 is 34.3. The minimum absolute atomic E-state index is 0.0255. The van der Waals surface area contributed by atoms with Crippen LogP contribution in [-0.2, 0) is 62.6 Å². The average molecular weight is 834 g/mol. The minimum Gasteiger partial charge on any atom is -0.461 e. The number of carbonyl (C=O) groups excluding carboxylic acids is 4. The van der Waals surface area contributed by atoms with Gasteiger partial charge in [-0.2, -0.15) is 0 Å². The molecule has 1 saturated heterocycles. The zero-order valence-corrected chi connectivity index (χ0v) is 34.8. The summed E-state index contributed by atoms with van der Waals surface area (Å²) in [5, 5.41) is 24.4. The van der Waals surface area contributed by atoms with Gasteiger partial charge in [0.2, 0.25) is 5.91 Å². The van der Waals surface area contributed by atoms with Gasteiger partial charge in [-0.3, -0.25) is 14.4 Å². The Morgan fingerprint density at radius 3 is 1.57 bits per heavy atom. The fourth-order valence-electron chi connectivity index (χ4n) is 6.87. The Morgan fingerprint density at radius 1 is 0.650 bits per heavy atom. The molecule has 1 heterocycles. The zero-order chi connectivity index (χ0) is 42.8. The lowest BCUT2D eigenvalue weighted by atomic mass is 9.96. The molecule has 13 nitrogen and oxygen atoms in total. The highest BCUT2D eigenvalue weighted by atomic mass is 16.7. The number of nitrogens with one attached hydrogen (secondary N) is 1. The van der Waals surface area contributed by atoms with Crippen LogP contribution in [0, 0.1) is 0 Å². The largest absolute Gasteiger partial charge is 0.509 e. The number of rotatable bonds is 27. The van der Waals surface area contributed by atoms with Crippen LogP contribution in [0.3, 0.4) is 0 Å². The van der Waals surface area contributed by atoms with Gasteiger partial charge in [-0.05, 0) is 23.1 Å². The summed E-state index contributed by atoms with van der Waals surface area (Å²) >= 11 is 0.